The van der Waals surface area contributed by atoms with Crippen LogP contribution in [0.1, 0.15) is 385 Å². The molecule has 0 spiro atoms. The van der Waals surface area contributed by atoms with Crippen molar-refractivity contribution in [2.75, 3.05) is 73.4 Å². The van der Waals surface area contributed by atoms with E-state index in [0.717, 1.165) is 195 Å². The zero-order valence-electron chi connectivity index (χ0n) is 87.8. The Bertz CT molecular complexity index is 5350. The average Bonchev–Trinajstić information content (AvgIpc) is 1.68. The summed E-state index contributed by atoms with van der Waals surface area (Å²) in [7, 11) is 1.77. The van der Waals surface area contributed by atoms with E-state index in [1.54, 1.807) is 19.5 Å². The Hall–Kier alpha value is -10.9. The van der Waals surface area contributed by atoms with Crippen LogP contribution in [0.25, 0.3) is 0 Å². The van der Waals surface area contributed by atoms with Gasteiger partial charge in [-0.2, -0.15) is 19.9 Å². The summed E-state index contributed by atoms with van der Waals surface area (Å²) < 4.78 is 11.1. The smallest absolute Gasteiger partial charge is 0.254 e. The van der Waals surface area contributed by atoms with E-state index in [1.165, 1.54) is 140 Å². The first kappa shape index (κ1) is 109. The molecule has 17 aliphatic carbocycles. The highest BCUT2D eigenvalue weighted by Crippen LogP contribution is 2.61. The molecule has 0 unspecified atom stereocenters. The summed E-state index contributed by atoms with van der Waals surface area (Å²) in [5.74, 6) is 8.86. The highest BCUT2D eigenvalue weighted by Gasteiger charge is 2.56. The number of primary amides is 6. The number of amides is 6. The number of methoxy groups -OCH3 is 1. The number of nitrogens with two attached hydrogens (primary N) is 6. The second-order valence-electron chi connectivity index (χ2n) is 46.8. The summed E-state index contributed by atoms with van der Waals surface area (Å²) in [6.45, 7) is 16.5. The van der Waals surface area contributed by atoms with Gasteiger partial charge in [0, 0.05) is 110 Å². The van der Waals surface area contributed by atoms with Crippen LogP contribution in [0.3, 0.4) is 0 Å². The Morgan fingerprint density at radius 1 is 0.381 bits per heavy atom. The molecule has 0 aromatic carbocycles. The van der Waals surface area contributed by atoms with Gasteiger partial charge in [-0.05, 0) is 336 Å². The van der Waals surface area contributed by atoms with Gasteiger partial charge in [0.1, 0.15) is 23.3 Å². The minimum Gasteiger partial charge on any atom is -0.393 e. The third kappa shape index (κ3) is 29.4. The van der Waals surface area contributed by atoms with Crippen LogP contribution >= 0.6 is 0 Å². The second-order valence-corrected chi connectivity index (χ2v) is 46.8. The normalized spacial score (nSPS) is 30.0. The molecule has 147 heavy (non-hydrogen) atoms. The van der Waals surface area contributed by atoms with Gasteiger partial charge < -0.3 is 112 Å². The number of rotatable bonds is 35. The summed E-state index contributed by atoms with van der Waals surface area (Å²) >= 11 is 0. The van der Waals surface area contributed by atoms with Gasteiger partial charge in [-0.25, -0.2) is 39.9 Å². The van der Waals surface area contributed by atoms with Gasteiger partial charge in [0.25, 0.3) is 35.4 Å². The number of aromatic nitrogens is 12. The number of nitrogens with one attached hydrogen (secondary N) is 10. The fourth-order valence-electron chi connectivity index (χ4n) is 24.4. The molecule has 0 radical (unpaired) electrons. The van der Waals surface area contributed by atoms with E-state index in [4.69, 9.17) is 48.9 Å². The van der Waals surface area contributed by atoms with Gasteiger partial charge in [-0.3, -0.25) is 28.8 Å². The van der Waals surface area contributed by atoms with Gasteiger partial charge in [0.15, 0.2) is 0 Å². The monoisotopic (exact) mass is 2030 g/mol. The lowest BCUT2D eigenvalue weighted by molar-refractivity contribution is -0.0800. The lowest BCUT2D eigenvalue weighted by atomic mass is 9.47. The number of anilines is 10. The quantitative estimate of drug-likeness (QED) is 0.0176. The van der Waals surface area contributed by atoms with Gasteiger partial charge in [0.2, 0.25) is 35.7 Å². The largest absolute Gasteiger partial charge is 0.393 e. The molecule has 804 valence electrons. The predicted molar refractivity (Wildman–Crippen MR) is 568 cm³/mol. The molecule has 25 N–H and O–H groups in total. The Morgan fingerprint density at radius 2 is 0.755 bits per heavy atom. The first-order valence-electron chi connectivity index (χ1n) is 55.4. The maximum absolute atomic E-state index is 11.8. The van der Waals surface area contributed by atoms with Crippen molar-refractivity contribution >= 4 is 94.4 Å². The lowest BCUT2D eigenvalue weighted by Gasteiger charge is -2.58. The third-order valence-corrected chi connectivity index (χ3v) is 35.0. The standard InChI is InChI=1S/C19H28N4O2.C19H28N4O.C18H27N5O2.2C18H29N5O2.C16H25N5O2/c1-2-25-14-5-3-13(4-6-14)22-19-21-10-16(18(20)24)17(23-19)9-15-11-7-12(15)8-11;1-12-2-4-14(5-3-12)22-18-21-11-15(17(20)24)16(23-18)10-19-7-6-13(8-19)9-19;1-10-2-5-12(8-14(10)24)21-16-13(15(19)25)9-20-17(22-16)23-18(6-7-18)11-3-4-11;1-18(9-3-4-10-18)23-16-14(15(19)24)11-20-17(22-16)21-12-5-7-13(25-2)8-6-12;1-11-5-6-12(9-14(11)24)21-16-13(15(19)25)10-20-17(22-16)23-18(2)7-3-4-8-18;1-9-2-5-11(6-13(9)22)20-15-12(14(17)23)8-19-16(21-15)18-7-10-3-4-10/h10-15H,2-9H2,1H3,(H2,20,24)(H,21,22,23);11-14H,2-10H2,1H3,(H2,20,24)(H,21,22,23);9-12,14,24H,2-8H2,1H3,(H2,19,25)(H2,20,21,22,23);11-13H,3-10H2,1-2H3,(H2,19,24)(H2,20,21,22,23);10-12,14,24H,3-9H2,1-2H3,(H2,19,25)(H2,20,21,22,23);8-11,13,22H,2-7H2,1H3,(H2,17,23)(H2,18,19,20,21)/t;;10-,12-,14-;;11-,12-,14-;9-,11-,13-/m..1.11/s1. The molecular weight excluding hydrogens is 1870 g/mol. The number of aliphatic hydroxyl groups is 3. The summed E-state index contributed by atoms with van der Waals surface area (Å²) in [6, 6.07) is 1.41. The van der Waals surface area contributed by atoms with Gasteiger partial charge in [0.05, 0.1) is 75.3 Å². The molecule has 6 aromatic heterocycles. The van der Waals surface area contributed by atoms with E-state index in [0.29, 0.717) is 166 Å². The number of ether oxygens (including phenoxy) is 2. The van der Waals surface area contributed by atoms with E-state index in [-0.39, 0.29) is 64.2 Å². The van der Waals surface area contributed by atoms with Crippen LogP contribution in [-0.2, 0) is 22.3 Å². The zero-order valence-corrected chi connectivity index (χ0v) is 87.8. The molecule has 0 saturated heterocycles. The summed E-state index contributed by atoms with van der Waals surface area (Å²) in [6.07, 6.45) is 55.9. The third-order valence-electron chi connectivity index (χ3n) is 35.0. The molecule has 0 aliphatic heterocycles. The highest BCUT2D eigenvalue weighted by molar-refractivity contribution is 6.00. The van der Waals surface area contributed by atoms with Gasteiger partial charge >= 0.3 is 0 Å². The minimum absolute atomic E-state index is 0.00196. The summed E-state index contributed by atoms with van der Waals surface area (Å²) in [4.78, 5) is 123. The van der Waals surface area contributed by atoms with Crippen LogP contribution in [0.4, 0.5) is 59.0 Å². The van der Waals surface area contributed by atoms with E-state index < -0.39 is 35.4 Å². The average molecular weight is 2030 g/mol. The molecule has 6 amide bonds. The number of carbonyl (C=O) groups excluding carboxylic acids is 6. The van der Waals surface area contributed by atoms with Crippen molar-refractivity contribution in [2.45, 2.75) is 408 Å². The van der Waals surface area contributed by atoms with Crippen LogP contribution in [0, 0.1) is 64.6 Å². The minimum atomic E-state index is -0.550. The SMILES string of the molecule is CC1CCC(Nc2ncc(C(N)=O)c(CC34CCC(C3)C4)n2)CC1.CCOC1CCC(Nc2ncc(C(N)=O)c(CC3C4CC3C4)n2)CC1.COC1CCC(Nc2ncc(C(N)=O)c(NC3(C)CCCC3)n2)CC1.C[C@@H]1CC[C@@H](Nc2nc(NC3(C)CCCC3)ncc2C(N)=O)C[C@H]1O.C[C@@H]1CC[C@@H](Nc2nc(NC3(C4CC4)CC3)ncc2C(N)=O)C[C@H]1O.C[C@@H]1CC[C@@H](Nc2nc(NCC3CC3)ncc2C(N)=O)C[C@H]1O. The van der Waals surface area contributed by atoms with Crippen molar-refractivity contribution in [3.63, 3.8) is 0 Å². The second kappa shape index (κ2) is 48.8. The molecule has 9 atom stereocenters. The van der Waals surface area contributed by atoms with E-state index in [2.05, 4.69) is 150 Å². The molecule has 39 heteroatoms. The molecular formula is C108H166N28O11. The zero-order chi connectivity index (χ0) is 104. The number of hydrogen-bond acceptors (Lipinski definition) is 33. The highest BCUT2D eigenvalue weighted by atomic mass is 16.5. The topological polar surface area (TPSA) is 613 Å². The number of hydrogen-bond donors (Lipinski definition) is 19. The molecule has 6 heterocycles. The maximum Gasteiger partial charge on any atom is 0.254 e. The predicted octanol–water partition coefficient (Wildman–Crippen LogP) is 14.1. The van der Waals surface area contributed by atoms with E-state index >= 15 is 0 Å². The molecule has 17 fully saturated rings. The molecule has 39 nitrogen and oxygen atoms in total. The van der Waals surface area contributed by atoms with Crippen LogP contribution in [0.5, 0.6) is 0 Å². The van der Waals surface area contributed by atoms with Crippen LogP contribution in [0.2, 0.25) is 0 Å². The summed E-state index contributed by atoms with van der Waals surface area (Å²) in [5.41, 5.74) is 37.4. The first-order valence-corrected chi connectivity index (χ1v) is 55.4. The van der Waals surface area contributed by atoms with Crippen LogP contribution in [-0.4, -0.2) is 214 Å². The fraction of sp³-hybridized carbons (Fsp3) is 0.722. The number of nitrogens with zero attached hydrogens (tertiary/aromatic N) is 12. The Balaban J connectivity index is 0.000000126. The Morgan fingerprint density at radius 3 is 1.15 bits per heavy atom. The van der Waals surface area contributed by atoms with Gasteiger partial charge in [-0.15, -0.1) is 0 Å². The van der Waals surface area contributed by atoms with Crippen molar-refractivity contribution in [3.05, 3.63) is 81.9 Å². The molecule has 17 saturated carbocycles. The molecule has 4 bridgehead atoms. The number of fused-ring (bicyclic) bond motifs is 1. The molecule has 6 aromatic rings. The van der Waals surface area contributed by atoms with E-state index in [1.807, 2.05) is 6.92 Å². The molecule has 17 aliphatic rings. The van der Waals surface area contributed by atoms with Crippen LogP contribution in [0.15, 0.2) is 37.2 Å². The van der Waals surface area contributed by atoms with Gasteiger partial charge in [-0.1, -0.05) is 53.4 Å². The molecule has 23 rings (SSSR count). The van der Waals surface area contributed by atoms with Crippen molar-refractivity contribution in [1.29, 1.82) is 0 Å². The van der Waals surface area contributed by atoms with Crippen LogP contribution < -0.4 is 87.6 Å². The summed E-state index contributed by atoms with van der Waals surface area (Å²) in [5, 5.41) is 64.0. The van der Waals surface area contributed by atoms with Crippen molar-refractivity contribution in [3.8, 4) is 0 Å². The number of carbonyl (C=O) groups is 6. The van der Waals surface area contributed by atoms with Crippen molar-refractivity contribution < 1.29 is 53.6 Å². The first-order chi connectivity index (χ1) is 70.5. The Kier molecular flexibility index (Phi) is 36.1. The fourth-order valence-corrected chi connectivity index (χ4v) is 24.4. The maximum atomic E-state index is 11.8. The van der Waals surface area contributed by atoms with Crippen molar-refractivity contribution in [2.24, 2.45) is 99.0 Å². The van der Waals surface area contributed by atoms with E-state index in [9.17, 15) is 44.1 Å². The lowest BCUT2D eigenvalue weighted by Crippen LogP contribution is -2.51. The Labute approximate surface area is 865 Å². The van der Waals surface area contributed by atoms with Crippen molar-refractivity contribution in [1.82, 2.24) is 59.8 Å². The number of aliphatic hydroxyl groups excluding tert-OH is 3.